The number of rotatable bonds is 5. The number of benzene rings is 2. The first kappa shape index (κ1) is 21.4. The average molecular weight is 402 g/mol. The van der Waals surface area contributed by atoms with Crippen LogP contribution in [0.2, 0.25) is 5.02 Å². The highest BCUT2D eigenvalue weighted by atomic mass is 35.5. The minimum absolute atomic E-state index is 0.000883. The SMILES string of the molecule is CC(C)(C)c1ccc(C(=O)NCC(=O)NNC(=O)Cc2ccc(Cl)cc2)cc1. The molecule has 0 aromatic heterocycles. The predicted octanol–water partition coefficient (Wildman–Crippen LogP) is 2.76. The van der Waals surface area contributed by atoms with Crippen LogP contribution >= 0.6 is 11.6 Å². The molecule has 0 spiro atoms. The summed E-state index contributed by atoms with van der Waals surface area (Å²) in [5, 5.41) is 3.10. The average Bonchev–Trinajstić information content (AvgIpc) is 2.65. The van der Waals surface area contributed by atoms with E-state index in [0.29, 0.717) is 10.6 Å². The van der Waals surface area contributed by atoms with Gasteiger partial charge in [0.1, 0.15) is 0 Å². The van der Waals surface area contributed by atoms with Crippen LogP contribution in [0.15, 0.2) is 48.5 Å². The summed E-state index contributed by atoms with van der Waals surface area (Å²) in [7, 11) is 0. The van der Waals surface area contributed by atoms with Crippen molar-refractivity contribution < 1.29 is 14.4 Å². The van der Waals surface area contributed by atoms with Crippen LogP contribution in [-0.4, -0.2) is 24.3 Å². The molecule has 3 N–H and O–H groups in total. The summed E-state index contributed by atoms with van der Waals surface area (Å²) >= 11 is 5.79. The summed E-state index contributed by atoms with van der Waals surface area (Å²) < 4.78 is 0. The maximum atomic E-state index is 12.1. The summed E-state index contributed by atoms with van der Waals surface area (Å²) in [5.74, 6) is -1.26. The van der Waals surface area contributed by atoms with E-state index >= 15 is 0 Å². The molecule has 0 unspecified atom stereocenters. The first-order chi connectivity index (χ1) is 13.1. The third-order valence-corrected chi connectivity index (χ3v) is 4.29. The molecule has 2 aromatic carbocycles. The van der Waals surface area contributed by atoms with Crippen molar-refractivity contribution >= 4 is 29.3 Å². The van der Waals surface area contributed by atoms with Gasteiger partial charge in [-0.1, -0.05) is 56.6 Å². The zero-order valence-electron chi connectivity index (χ0n) is 16.1. The smallest absolute Gasteiger partial charge is 0.257 e. The quantitative estimate of drug-likeness (QED) is 0.673. The van der Waals surface area contributed by atoms with Crippen molar-refractivity contribution in [3.05, 3.63) is 70.2 Å². The molecular formula is C21H24ClN3O3. The fourth-order valence-electron chi connectivity index (χ4n) is 2.40. The maximum absolute atomic E-state index is 12.1. The van der Waals surface area contributed by atoms with Gasteiger partial charge in [-0.25, -0.2) is 0 Å². The molecule has 148 valence electrons. The van der Waals surface area contributed by atoms with Crippen molar-refractivity contribution in [3.63, 3.8) is 0 Å². The summed E-state index contributed by atoms with van der Waals surface area (Å²) in [6.07, 6.45) is 0.101. The normalized spacial score (nSPS) is 10.9. The highest BCUT2D eigenvalue weighted by molar-refractivity contribution is 6.30. The Morgan fingerprint density at radius 3 is 2.00 bits per heavy atom. The Morgan fingerprint density at radius 2 is 1.43 bits per heavy atom. The molecule has 0 aliphatic rings. The van der Waals surface area contributed by atoms with Crippen LogP contribution in [0.5, 0.6) is 0 Å². The van der Waals surface area contributed by atoms with E-state index in [1.807, 2.05) is 12.1 Å². The molecule has 0 fully saturated rings. The summed E-state index contributed by atoms with van der Waals surface area (Å²) in [4.78, 5) is 35.8. The van der Waals surface area contributed by atoms with Gasteiger partial charge >= 0.3 is 0 Å². The van der Waals surface area contributed by atoms with Crippen molar-refractivity contribution in [3.8, 4) is 0 Å². The van der Waals surface area contributed by atoms with Crippen LogP contribution in [0.4, 0.5) is 0 Å². The zero-order chi connectivity index (χ0) is 20.7. The van der Waals surface area contributed by atoms with E-state index in [1.54, 1.807) is 36.4 Å². The van der Waals surface area contributed by atoms with Gasteiger partial charge in [-0.3, -0.25) is 25.2 Å². The largest absolute Gasteiger partial charge is 0.343 e. The topological polar surface area (TPSA) is 87.3 Å². The Labute approximate surface area is 169 Å². The molecule has 0 heterocycles. The molecule has 0 aliphatic heterocycles. The molecule has 6 nitrogen and oxygen atoms in total. The fourth-order valence-corrected chi connectivity index (χ4v) is 2.53. The van der Waals surface area contributed by atoms with Crippen LogP contribution in [0.25, 0.3) is 0 Å². The lowest BCUT2D eigenvalue weighted by atomic mass is 9.87. The Balaban J connectivity index is 1.74. The Morgan fingerprint density at radius 1 is 0.857 bits per heavy atom. The molecule has 0 aliphatic carbocycles. The minimum Gasteiger partial charge on any atom is -0.343 e. The van der Waals surface area contributed by atoms with Gasteiger partial charge in [0.25, 0.3) is 11.8 Å². The van der Waals surface area contributed by atoms with Gasteiger partial charge in [0.05, 0.1) is 13.0 Å². The van der Waals surface area contributed by atoms with Crippen molar-refractivity contribution in [2.24, 2.45) is 0 Å². The zero-order valence-corrected chi connectivity index (χ0v) is 16.9. The first-order valence-corrected chi connectivity index (χ1v) is 9.24. The number of halogens is 1. The van der Waals surface area contributed by atoms with Gasteiger partial charge in [-0.15, -0.1) is 0 Å². The number of nitrogens with one attached hydrogen (secondary N) is 3. The van der Waals surface area contributed by atoms with E-state index in [4.69, 9.17) is 11.6 Å². The van der Waals surface area contributed by atoms with Crippen LogP contribution in [-0.2, 0) is 21.4 Å². The van der Waals surface area contributed by atoms with Gasteiger partial charge in [-0.2, -0.15) is 0 Å². The molecule has 0 radical (unpaired) electrons. The highest BCUT2D eigenvalue weighted by Gasteiger charge is 2.14. The first-order valence-electron chi connectivity index (χ1n) is 8.86. The summed E-state index contributed by atoms with van der Waals surface area (Å²) in [6.45, 7) is 6.02. The molecule has 2 aromatic rings. The van der Waals surface area contributed by atoms with Crippen LogP contribution in [0, 0.1) is 0 Å². The number of hydrogen-bond donors (Lipinski definition) is 3. The second-order valence-corrected chi connectivity index (χ2v) is 7.85. The van der Waals surface area contributed by atoms with E-state index in [0.717, 1.165) is 11.1 Å². The van der Waals surface area contributed by atoms with E-state index in [2.05, 4.69) is 36.9 Å². The van der Waals surface area contributed by atoms with Gasteiger partial charge in [-0.05, 0) is 40.8 Å². The Bertz CT molecular complexity index is 841. The van der Waals surface area contributed by atoms with Gasteiger partial charge < -0.3 is 5.32 Å². The molecule has 2 rings (SSSR count). The maximum Gasteiger partial charge on any atom is 0.257 e. The molecule has 0 bridgehead atoms. The van der Waals surface area contributed by atoms with Crippen LogP contribution in [0.3, 0.4) is 0 Å². The van der Waals surface area contributed by atoms with E-state index in [9.17, 15) is 14.4 Å². The van der Waals surface area contributed by atoms with Crippen molar-refractivity contribution in [2.75, 3.05) is 6.54 Å². The van der Waals surface area contributed by atoms with Gasteiger partial charge in [0.15, 0.2) is 0 Å². The molecular weight excluding hydrogens is 378 g/mol. The molecule has 0 saturated carbocycles. The van der Waals surface area contributed by atoms with Crippen molar-refractivity contribution in [1.82, 2.24) is 16.2 Å². The van der Waals surface area contributed by atoms with Crippen molar-refractivity contribution in [2.45, 2.75) is 32.6 Å². The molecule has 0 saturated heterocycles. The third kappa shape index (κ3) is 6.70. The second-order valence-electron chi connectivity index (χ2n) is 7.41. The lowest BCUT2D eigenvalue weighted by molar-refractivity contribution is -0.128. The van der Waals surface area contributed by atoms with E-state index in [1.165, 1.54) is 0 Å². The highest BCUT2D eigenvalue weighted by Crippen LogP contribution is 2.22. The van der Waals surface area contributed by atoms with Crippen molar-refractivity contribution in [1.29, 1.82) is 0 Å². The monoisotopic (exact) mass is 401 g/mol. The molecule has 7 heteroatoms. The molecule has 0 atom stereocenters. The fraction of sp³-hybridized carbons (Fsp3) is 0.286. The minimum atomic E-state index is -0.524. The number of hydrazine groups is 1. The standard InChI is InChI=1S/C21H24ClN3O3/c1-21(2,3)16-8-6-15(7-9-16)20(28)23-13-19(27)25-24-18(26)12-14-4-10-17(22)11-5-14/h4-11H,12-13H2,1-3H3,(H,23,28)(H,24,26)(H,25,27). The van der Waals surface area contributed by atoms with E-state index in [-0.39, 0.29) is 30.2 Å². The van der Waals surface area contributed by atoms with Gasteiger partial charge in [0, 0.05) is 10.6 Å². The second kappa shape index (κ2) is 9.37. The number of hydrogen-bond acceptors (Lipinski definition) is 3. The van der Waals surface area contributed by atoms with E-state index < -0.39 is 5.91 Å². The number of amides is 3. The lowest BCUT2D eigenvalue weighted by Gasteiger charge is -2.19. The van der Waals surface area contributed by atoms with Crippen LogP contribution in [0.1, 0.15) is 42.3 Å². The Hall–Kier alpha value is -2.86. The van der Waals surface area contributed by atoms with Crippen LogP contribution < -0.4 is 16.2 Å². The lowest BCUT2D eigenvalue weighted by Crippen LogP contribution is -2.46. The summed E-state index contributed by atoms with van der Waals surface area (Å²) in [5.41, 5.74) is 6.93. The number of carbonyl (C=O) groups excluding carboxylic acids is 3. The molecule has 28 heavy (non-hydrogen) atoms. The predicted molar refractivity (Wildman–Crippen MR) is 109 cm³/mol. The van der Waals surface area contributed by atoms with Gasteiger partial charge in [0.2, 0.25) is 5.91 Å². The summed E-state index contributed by atoms with van der Waals surface area (Å²) in [6, 6.07) is 14.1. The third-order valence-electron chi connectivity index (χ3n) is 4.04. The number of carbonyl (C=O) groups is 3. The molecule has 3 amide bonds. The Kier molecular flexibility index (Phi) is 7.18.